The van der Waals surface area contributed by atoms with Crippen LogP contribution in [0.3, 0.4) is 0 Å². The highest BCUT2D eigenvalue weighted by Crippen LogP contribution is 2.32. The first kappa shape index (κ1) is 23.0. The Morgan fingerprint density at radius 1 is 1.24 bits per heavy atom. The van der Waals surface area contributed by atoms with E-state index < -0.39 is 0 Å². The Kier molecular flexibility index (Phi) is 10.6. The van der Waals surface area contributed by atoms with Gasteiger partial charge >= 0.3 is 0 Å². The van der Waals surface area contributed by atoms with Crippen LogP contribution in [0.1, 0.15) is 31.2 Å². The van der Waals surface area contributed by atoms with E-state index in [9.17, 15) is 4.79 Å². The molecule has 1 aromatic carbocycles. The van der Waals surface area contributed by atoms with Crippen molar-refractivity contribution in [1.29, 1.82) is 0 Å². The summed E-state index contributed by atoms with van der Waals surface area (Å²) in [5.74, 6) is 8.38. The Bertz CT molecular complexity index is 588. The highest BCUT2D eigenvalue weighted by molar-refractivity contribution is 5.80. The van der Waals surface area contributed by atoms with Gasteiger partial charge in [-0.15, -0.1) is 0 Å². The molecule has 1 fully saturated rings. The maximum Gasteiger partial charge on any atom is 0.183 e. The van der Waals surface area contributed by atoms with Gasteiger partial charge in [-0.3, -0.25) is 4.48 Å². The van der Waals surface area contributed by atoms with Crippen LogP contribution in [0.15, 0.2) is 29.5 Å². The van der Waals surface area contributed by atoms with E-state index in [4.69, 9.17) is 15.3 Å². The smallest absolute Gasteiger partial charge is 0.183 e. The highest BCUT2D eigenvalue weighted by atomic mass is 35.5. The molecular weight excluding hydrogens is 342 g/mol. The predicted molar refractivity (Wildman–Crippen MR) is 96.0 cm³/mol. The van der Waals surface area contributed by atoms with Crippen molar-refractivity contribution in [3.63, 3.8) is 0 Å². The number of methoxy groups -OCH3 is 1. The van der Waals surface area contributed by atoms with Crippen LogP contribution in [0.4, 0.5) is 0 Å². The second-order valence-electron chi connectivity index (χ2n) is 6.58. The lowest BCUT2D eigenvalue weighted by molar-refractivity contribution is -0.815. The largest absolute Gasteiger partial charge is 1.00 e. The summed E-state index contributed by atoms with van der Waals surface area (Å²) in [4.78, 5) is 9.62. The number of hydrazone groups is 1. The second-order valence-corrected chi connectivity index (χ2v) is 6.58. The van der Waals surface area contributed by atoms with Crippen LogP contribution in [0.5, 0.6) is 11.5 Å². The van der Waals surface area contributed by atoms with Crippen molar-refractivity contribution in [3.8, 4) is 11.5 Å². The minimum absolute atomic E-state index is 0. The molecular formula is C18H28ClN3O3. The summed E-state index contributed by atoms with van der Waals surface area (Å²) in [6.45, 7) is 0. The van der Waals surface area contributed by atoms with Gasteiger partial charge in [-0.05, 0) is 49.4 Å². The van der Waals surface area contributed by atoms with Gasteiger partial charge in [0, 0.05) is 0 Å². The zero-order valence-corrected chi connectivity index (χ0v) is 16.1. The zero-order valence-electron chi connectivity index (χ0n) is 15.4. The van der Waals surface area contributed by atoms with Gasteiger partial charge in [0.1, 0.15) is 0 Å². The molecule has 1 saturated carbocycles. The Hall–Kier alpha value is -2.01. The number of carbonyl (C=O) groups excluding carboxylic acids is 1. The average molecular weight is 370 g/mol. The Morgan fingerprint density at radius 3 is 2.32 bits per heavy atom. The fourth-order valence-corrected chi connectivity index (χ4v) is 2.30. The summed E-state index contributed by atoms with van der Waals surface area (Å²) in [5, 5.41) is 3.51. The molecule has 0 atom stereocenters. The molecule has 0 unspecified atom stereocenters. The molecule has 1 aromatic rings. The van der Waals surface area contributed by atoms with E-state index in [-0.39, 0.29) is 12.4 Å². The standard InChI is InChI=1S/C13H18N2O2.C5H10NO.ClH/c1-16-12-7-6-10(9-15-14)8-13(12)17-11-4-2-3-5-11;1-6(2,3)4-5-7;/h6-9,11H,2-5,14H2,1H3;4H,1-3H3;1H/q;+1;/p-1/b15-9+;;. The summed E-state index contributed by atoms with van der Waals surface area (Å²) < 4.78 is 11.8. The Balaban J connectivity index is 0.000000620. The molecule has 1 aliphatic rings. The number of hydrogen-bond donors (Lipinski definition) is 1. The number of benzene rings is 1. The molecule has 0 aliphatic heterocycles. The lowest BCUT2D eigenvalue weighted by atomic mass is 10.2. The molecule has 0 heterocycles. The van der Waals surface area contributed by atoms with Gasteiger partial charge in [0.15, 0.2) is 23.6 Å². The van der Waals surface area contributed by atoms with E-state index in [1.807, 2.05) is 39.3 Å². The van der Waals surface area contributed by atoms with Crippen molar-refractivity contribution < 1.29 is 31.2 Å². The Labute approximate surface area is 156 Å². The lowest BCUT2D eigenvalue weighted by Gasteiger charge is -2.16. The van der Waals surface area contributed by atoms with Crippen molar-refractivity contribution in [2.24, 2.45) is 10.9 Å². The van der Waals surface area contributed by atoms with Crippen LogP contribution in [0.2, 0.25) is 0 Å². The first-order chi connectivity index (χ1) is 11.4. The molecule has 7 heteroatoms. The first-order valence-electron chi connectivity index (χ1n) is 8.00. The van der Waals surface area contributed by atoms with Crippen molar-refractivity contribution in [2.45, 2.75) is 31.8 Å². The molecule has 0 radical (unpaired) electrons. The van der Waals surface area contributed by atoms with E-state index >= 15 is 0 Å². The van der Waals surface area contributed by atoms with E-state index in [0.29, 0.717) is 10.6 Å². The number of rotatable bonds is 5. The van der Waals surface area contributed by atoms with Crippen LogP contribution >= 0.6 is 0 Å². The van der Waals surface area contributed by atoms with Crippen LogP contribution in [0, 0.1) is 0 Å². The third-order valence-corrected chi connectivity index (χ3v) is 3.45. The Morgan fingerprint density at radius 2 is 1.88 bits per heavy atom. The summed E-state index contributed by atoms with van der Waals surface area (Å²) in [5.41, 5.74) is 0.918. The van der Waals surface area contributed by atoms with E-state index in [1.165, 1.54) is 19.0 Å². The summed E-state index contributed by atoms with van der Waals surface area (Å²) >= 11 is 0. The van der Waals surface area contributed by atoms with Gasteiger partial charge in [0.05, 0.1) is 40.6 Å². The van der Waals surface area contributed by atoms with E-state index in [2.05, 4.69) is 5.10 Å². The van der Waals surface area contributed by atoms with Crippen molar-refractivity contribution in [3.05, 3.63) is 30.0 Å². The topological polar surface area (TPSA) is 73.9 Å². The fraction of sp³-hybridized carbons (Fsp3) is 0.500. The van der Waals surface area contributed by atoms with Crippen LogP contribution < -0.4 is 27.7 Å². The third-order valence-electron chi connectivity index (χ3n) is 3.45. The molecule has 0 aromatic heterocycles. The minimum Gasteiger partial charge on any atom is -1.00 e. The number of nitrogens with two attached hydrogens (primary N) is 1. The molecule has 2 rings (SSSR count). The normalized spacial score (nSPS) is 14.1. The number of nitrogens with zero attached hydrogens (tertiary/aromatic N) is 2. The number of quaternary nitrogens is 1. The number of halogens is 1. The maximum atomic E-state index is 9.62. The summed E-state index contributed by atoms with van der Waals surface area (Å²) in [7, 11) is 7.33. The third kappa shape index (κ3) is 9.15. The molecule has 6 nitrogen and oxygen atoms in total. The first-order valence-corrected chi connectivity index (χ1v) is 8.00. The predicted octanol–water partition coefficient (Wildman–Crippen LogP) is -0.649. The lowest BCUT2D eigenvalue weighted by Crippen LogP contribution is -3.00. The maximum absolute atomic E-state index is 9.62. The van der Waals surface area contributed by atoms with Crippen molar-refractivity contribution in [2.75, 3.05) is 28.3 Å². The van der Waals surface area contributed by atoms with Crippen LogP contribution in [-0.2, 0) is 4.79 Å². The summed E-state index contributed by atoms with van der Waals surface area (Å²) in [6.07, 6.45) is 8.10. The van der Waals surface area contributed by atoms with E-state index in [0.717, 1.165) is 29.9 Å². The van der Waals surface area contributed by atoms with Crippen molar-refractivity contribution >= 4 is 12.2 Å². The number of ether oxygens (including phenoxy) is 2. The number of hydrogen-bond acceptors (Lipinski definition) is 5. The highest BCUT2D eigenvalue weighted by Gasteiger charge is 2.18. The fourth-order valence-electron chi connectivity index (χ4n) is 2.30. The van der Waals surface area contributed by atoms with Gasteiger partial charge in [-0.1, -0.05) is 0 Å². The average Bonchev–Trinajstić information content (AvgIpc) is 3.00. The van der Waals surface area contributed by atoms with Crippen molar-refractivity contribution in [1.82, 2.24) is 0 Å². The molecule has 0 amide bonds. The molecule has 1 aliphatic carbocycles. The van der Waals surface area contributed by atoms with Gasteiger partial charge in [0.2, 0.25) is 0 Å². The zero-order chi connectivity index (χ0) is 18.0. The van der Waals surface area contributed by atoms with Crippen LogP contribution in [-0.4, -0.2) is 51.0 Å². The van der Waals surface area contributed by atoms with Gasteiger partial charge in [-0.2, -0.15) is 5.10 Å². The molecule has 0 bridgehead atoms. The van der Waals surface area contributed by atoms with E-state index in [1.54, 1.807) is 19.3 Å². The monoisotopic (exact) mass is 369 g/mol. The molecule has 0 saturated heterocycles. The SMILES string of the molecule is COc1ccc(/C=N/N)cc1OC1CCCC1.C[N+](C)(C)C=C=O.[Cl-]. The summed E-state index contributed by atoms with van der Waals surface area (Å²) in [6, 6.07) is 5.69. The second kappa shape index (κ2) is 11.5. The molecule has 2 N–H and O–H groups in total. The molecule has 140 valence electrons. The minimum atomic E-state index is 0. The van der Waals surface area contributed by atoms with Crippen LogP contribution in [0.25, 0.3) is 0 Å². The van der Waals surface area contributed by atoms with Gasteiger partial charge in [0.25, 0.3) is 0 Å². The quantitative estimate of drug-likeness (QED) is 0.246. The molecule has 0 spiro atoms. The van der Waals surface area contributed by atoms with Gasteiger partial charge in [-0.25, -0.2) is 4.79 Å². The molecule has 25 heavy (non-hydrogen) atoms. The van der Waals surface area contributed by atoms with Gasteiger partial charge < -0.3 is 27.7 Å².